The largest absolute Gasteiger partial charge is 0.463 e. The third-order valence-corrected chi connectivity index (χ3v) is 3.68. The highest BCUT2D eigenvalue weighted by molar-refractivity contribution is 7.99. The van der Waals surface area contributed by atoms with Crippen LogP contribution in [-0.2, 0) is 15.7 Å². The highest BCUT2D eigenvalue weighted by Crippen LogP contribution is 2.31. The maximum Gasteiger partial charge on any atom is 0.417 e. The highest BCUT2D eigenvalue weighted by atomic mass is 32.2. The van der Waals surface area contributed by atoms with E-state index >= 15 is 0 Å². The molecule has 0 fully saturated rings. The summed E-state index contributed by atoms with van der Waals surface area (Å²) >= 11 is 1.05. The van der Waals surface area contributed by atoms with Gasteiger partial charge in [0.05, 0.1) is 12.2 Å². The van der Waals surface area contributed by atoms with Crippen LogP contribution in [0.2, 0.25) is 0 Å². The van der Waals surface area contributed by atoms with Crippen LogP contribution in [0.4, 0.5) is 13.2 Å². The summed E-state index contributed by atoms with van der Waals surface area (Å²) in [6, 6.07) is 5.25. The Labute approximate surface area is 145 Å². The predicted octanol–water partition coefficient (Wildman–Crippen LogP) is 3.37. The van der Waals surface area contributed by atoms with Crippen molar-refractivity contribution in [2.24, 2.45) is 0 Å². The second-order valence-electron chi connectivity index (χ2n) is 4.71. The van der Waals surface area contributed by atoms with Gasteiger partial charge in [0.1, 0.15) is 10.1 Å². The lowest BCUT2D eigenvalue weighted by molar-refractivity contribution is -0.150. The van der Waals surface area contributed by atoms with Crippen LogP contribution in [0, 0.1) is 0 Å². The molecule has 2 aromatic rings. The van der Waals surface area contributed by atoms with Gasteiger partial charge in [0, 0.05) is 12.3 Å². The number of carbonyl (C=O) groups excluding carboxylic acids is 1. The standard InChI is InChI=1S/C15H14F3N3O3S/c1-3-23-14(22)9(2)24-11-5-7-13(21-20-11)25-12-6-4-10(8-19-12)15(16,17)18/h4-9H,3H2,1-2H3/t9-/m0/s1. The van der Waals surface area contributed by atoms with Gasteiger partial charge in [0.15, 0.2) is 6.10 Å². The second-order valence-corrected chi connectivity index (χ2v) is 5.75. The van der Waals surface area contributed by atoms with Gasteiger partial charge in [-0.3, -0.25) is 0 Å². The average molecular weight is 373 g/mol. The molecule has 0 unspecified atom stereocenters. The van der Waals surface area contributed by atoms with Crippen molar-refractivity contribution in [2.45, 2.75) is 36.2 Å². The van der Waals surface area contributed by atoms with Crippen LogP contribution in [0.1, 0.15) is 19.4 Å². The first-order valence-corrected chi connectivity index (χ1v) is 7.99. The minimum absolute atomic E-state index is 0.130. The lowest BCUT2D eigenvalue weighted by Crippen LogP contribution is -2.26. The molecule has 0 saturated heterocycles. The first kappa shape index (κ1) is 19.0. The highest BCUT2D eigenvalue weighted by Gasteiger charge is 2.30. The fraction of sp³-hybridized carbons (Fsp3) is 0.333. The smallest absolute Gasteiger partial charge is 0.417 e. The van der Waals surface area contributed by atoms with Crippen molar-refractivity contribution in [3.8, 4) is 5.88 Å². The molecule has 0 aliphatic rings. The summed E-state index contributed by atoms with van der Waals surface area (Å²) in [5.74, 6) is -0.387. The number of ether oxygens (including phenoxy) is 2. The van der Waals surface area contributed by atoms with Crippen LogP contribution in [0.5, 0.6) is 5.88 Å². The van der Waals surface area contributed by atoms with Crippen molar-refractivity contribution < 1.29 is 27.4 Å². The molecule has 0 radical (unpaired) electrons. The monoisotopic (exact) mass is 373 g/mol. The van der Waals surface area contributed by atoms with Crippen molar-refractivity contribution >= 4 is 17.7 Å². The predicted molar refractivity (Wildman–Crippen MR) is 82.1 cm³/mol. The van der Waals surface area contributed by atoms with Crippen LogP contribution in [-0.4, -0.2) is 33.9 Å². The van der Waals surface area contributed by atoms with E-state index in [-0.39, 0.29) is 12.5 Å². The van der Waals surface area contributed by atoms with Gasteiger partial charge in [-0.25, -0.2) is 9.78 Å². The number of nitrogens with zero attached hydrogens (tertiary/aromatic N) is 3. The van der Waals surface area contributed by atoms with Gasteiger partial charge in [-0.2, -0.15) is 13.2 Å². The second kappa shape index (κ2) is 8.15. The van der Waals surface area contributed by atoms with Crippen LogP contribution in [0.3, 0.4) is 0 Å². The van der Waals surface area contributed by atoms with E-state index in [1.54, 1.807) is 13.0 Å². The van der Waals surface area contributed by atoms with Crippen LogP contribution in [0.15, 0.2) is 40.5 Å². The summed E-state index contributed by atoms with van der Waals surface area (Å²) in [4.78, 5) is 15.2. The fourth-order valence-corrected chi connectivity index (χ4v) is 2.30. The molecule has 0 aliphatic heterocycles. The number of carbonyl (C=O) groups is 1. The zero-order valence-electron chi connectivity index (χ0n) is 13.3. The van der Waals surface area contributed by atoms with E-state index in [0.717, 1.165) is 24.0 Å². The summed E-state index contributed by atoms with van der Waals surface area (Å²) in [5.41, 5.74) is -0.820. The SMILES string of the molecule is CCOC(=O)[C@H](C)Oc1ccc(Sc2ccc(C(F)(F)F)cn2)nn1. The molecule has 0 aromatic carbocycles. The molecule has 0 aliphatic carbocycles. The molecule has 0 N–H and O–H groups in total. The van der Waals surface area contributed by atoms with Gasteiger partial charge >= 0.3 is 12.1 Å². The van der Waals surface area contributed by atoms with Crippen LogP contribution >= 0.6 is 11.8 Å². The normalized spacial score (nSPS) is 12.5. The van der Waals surface area contributed by atoms with E-state index in [1.807, 2.05) is 0 Å². The summed E-state index contributed by atoms with van der Waals surface area (Å²) in [6.45, 7) is 3.45. The van der Waals surface area contributed by atoms with Crippen molar-refractivity contribution in [2.75, 3.05) is 6.61 Å². The van der Waals surface area contributed by atoms with Gasteiger partial charge < -0.3 is 9.47 Å². The molecular formula is C15H14F3N3O3S. The fourth-order valence-electron chi connectivity index (χ4n) is 1.63. The van der Waals surface area contributed by atoms with Crippen LogP contribution in [0.25, 0.3) is 0 Å². The van der Waals surface area contributed by atoms with E-state index in [1.165, 1.54) is 19.1 Å². The van der Waals surface area contributed by atoms with Crippen molar-refractivity contribution in [3.63, 3.8) is 0 Å². The quantitative estimate of drug-likeness (QED) is 0.719. The lowest BCUT2D eigenvalue weighted by Gasteiger charge is -2.12. The molecule has 6 nitrogen and oxygen atoms in total. The Balaban J connectivity index is 1.97. The van der Waals surface area contributed by atoms with Gasteiger partial charge in [-0.1, -0.05) is 0 Å². The van der Waals surface area contributed by atoms with Crippen LogP contribution < -0.4 is 4.74 Å². The molecule has 10 heteroatoms. The van der Waals surface area contributed by atoms with Crippen molar-refractivity contribution in [1.29, 1.82) is 0 Å². The molecule has 2 heterocycles. The zero-order chi connectivity index (χ0) is 18.4. The summed E-state index contributed by atoms with van der Waals surface area (Å²) in [6.07, 6.45) is -4.50. The Hall–Kier alpha value is -2.36. The van der Waals surface area contributed by atoms with Gasteiger partial charge in [-0.15, -0.1) is 10.2 Å². The summed E-state index contributed by atoms with van der Waals surface area (Å²) in [5, 5.41) is 8.45. The number of hydrogen-bond acceptors (Lipinski definition) is 7. The first-order chi connectivity index (χ1) is 11.8. The Morgan fingerprint density at radius 1 is 1.20 bits per heavy atom. The number of alkyl halides is 3. The van der Waals surface area contributed by atoms with E-state index in [9.17, 15) is 18.0 Å². The summed E-state index contributed by atoms with van der Waals surface area (Å²) < 4.78 is 47.5. The minimum Gasteiger partial charge on any atom is -0.463 e. The molecule has 0 amide bonds. The van der Waals surface area contributed by atoms with Gasteiger partial charge in [0.25, 0.3) is 0 Å². The Kier molecular flexibility index (Phi) is 6.18. The summed E-state index contributed by atoms with van der Waals surface area (Å²) in [7, 11) is 0. The first-order valence-electron chi connectivity index (χ1n) is 7.17. The molecule has 134 valence electrons. The molecular weight excluding hydrogens is 359 g/mol. The number of rotatable bonds is 6. The molecule has 1 atom stereocenters. The Morgan fingerprint density at radius 3 is 2.44 bits per heavy atom. The van der Waals surface area contributed by atoms with E-state index in [2.05, 4.69) is 15.2 Å². The van der Waals surface area contributed by atoms with E-state index in [4.69, 9.17) is 9.47 Å². The third-order valence-electron chi connectivity index (χ3n) is 2.80. The molecule has 0 bridgehead atoms. The molecule has 0 saturated carbocycles. The molecule has 2 rings (SSSR count). The minimum atomic E-state index is -4.43. The average Bonchev–Trinajstić information content (AvgIpc) is 2.56. The van der Waals surface area contributed by atoms with Gasteiger partial charge in [-0.05, 0) is 43.8 Å². The molecule has 0 spiro atoms. The topological polar surface area (TPSA) is 74.2 Å². The molecule has 2 aromatic heterocycles. The molecule has 25 heavy (non-hydrogen) atoms. The number of halogens is 3. The zero-order valence-corrected chi connectivity index (χ0v) is 14.1. The number of aromatic nitrogens is 3. The maximum atomic E-state index is 12.5. The maximum absolute atomic E-state index is 12.5. The third kappa shape index (κ3) is 5.59. The number of pyridine rings is 1. The van der Waals surface area contributed by atoms with Crippen molar-refractivity contribution in [1.82, 2.24) is 15.2 Å². The van der Waals surface area contributed by atoms with E-state index < -0.39 is 23.8 Å². The Bertz CT molecular complexity index is 709. The van der Waals surface area contributed by atoms with Crippen molar-refractivity contribution in [3.05, 3.63) is 36.0 Å². The number of hydrogen-bond donors (Lipinski definition) is 0. The Morgan fingerprint density at radius 2 is 1.92 bits per heavy atom. The van der Waals surface area contributed by atoms with E-state index in [0.29, 0.717) is 10.1 Å². The van der Waals surface area contributed by atoms with Gasteiger partial charge in [0.2, 0.25) is 5.88 Å². The lowest BCUT2D eigenvalue weighted by atomic mass is 10.3. The number of esters is 1.